The van der Waals surface area contributed by atoms with Crippen LogP contribution in [0.25, 0.3) is 0 Å². The molecule has 1 aliphatic rings. The molecule has 0 aromatic heterocycles. The van der Waals surface area contributed by atoms with Crippen molar-refractivity contribution in [3.63, 3.8) is 0 Å². The second-order valence-corrected chi connectivity index (χ2v) is 3.68. The van der Waals surface area contributed by atoms with E-state index < -0.39 is 0 Å². The first kappa shape index (κ1) is 9.83. The lowest BCUT2D eigenvalue weighted by Crippen LogP contribution is -2.10. The molecule has 1 aromatic rings. The first-order valence-corrected chi connectivity index (χ1v) is 4.85. The molecule has 0 unspecified atom stereocenters. The van der Waals surface area contributed by atoms with Crippen LogP contribution in [0.2, 0.25) is 0 Å². The van der Waals surface area contributed by atoms with E-state index >= 15 is 0 Å². The van der Waals surface area contributed by atoms with Crippen LogP contribution in [0.1, 0.15) is 18.4 Å². The lowest BCUT2D eigenvalue weighted by Gasteiger charge is -2.09. The predicted molar refractivity (Wildman–Crippen MR) is 52.6 cm³/mol. The van der Waals surface area contributed by atoms with Gasteiger partial charge < -0.3 is 14.9 Å². The Morgan fingerprint density at radius 2 is 2.13 bits per heavy atom. The van der Waals surface area contributed by atoms with Gasteiger partial charge in [0.2, 0.25) is 0 Å². The lowest BCUT2D eigenvalue weighted by atomic mass is 10.1. The third-order valence-corrected chi connectivity index (χ3v) is 2.47. The number of esters is 1. The Morgan fingerprint density at radius 3 is 2.73 bits per heavy atom. The van der Waals surface area contributed by atoms with E-state index in [1.165, 1.54) is 12.1 Å². The molecule has 15 heavy (non-hydrogen) atoms. The molecule has 1 aromatic carbocycles. The smallest absolute Gasteiger partial charge is 0.306 e. The van der Waals surface area contributed by atoms with E-state index in [4.69, 9.17) is 9.84 Å². The summed E-state index contributed by atoms with van der Waals surface area (Å²) in [5.41, 5.74) is 0.852. The average molecular weight is 208 g/mol. The molecule has 1 heterocycles. The molecule has 2 N–H and O–H groups in total. The molecule has 0 bridgehead atoms. The van der Waals surface area contributed by atoms with Gasteiger partial charge in [0.25, 0.3) is 0 Å². The van der Waals surface area contributed by atoms with Crippen LogP contribution in [0.15, 0.2) is 18.2 Å². The maximum atomic E-state index is 10.9. The highest BCUT2D eigenvalue weighted by molar-refractivity contribution is 5.71. The van der Waals surface area contributed by atoms with Crippen molar-refractivity contribution in [1.82, 2.24) is 0 Å². The molecule has 0 saturated carbocycles. The first-order chi connectivity index (χ1) is 7.15. The van der Waals surface area contributed by atoms with Crippen LogP contribution in [0.3, 0.4) is 0 Å². The fraction of sp³-hybridized carbons (Fsp3) is 0.364. The topological polar surface area (TPSA) is 66.8 Å². The van der Waals surface area contributed by atoms with E-state index in [-0.39, 0.29) is 23.6 Å². The van der Waals surface area contributed by atoms with Gasteiger partial charge in [0.1, 0.15) is 6.10 Å². The molecule has 1 aliphatic heterocycles. The van der Waals surface area contributed by atoms with Gasteiger partial charge in [0, 0.05) is 12.8 Å². The van der Waals surface area contributed by atoms with E-state index in [1.54, 1.807) is 6.07 Å². The molecule has 4 nitrogen and oxygen atoms in total. The van der Waals surface area contributed by atoms with Gasteiger partial charge in [0.05, 0.1) is 0 Å². The number of aromatic hydroxyl groups is 2. The number of hydrogen-bond acceptors (Lipinski definition) is 4. The highest BCUT2D eigenvalue weighted by Gasteiger charge is 2.23. The van der Waals surface area contributed by atoms with E-state index in [0.717, 1.165) is 12.0 Å². The van der Waals surface area contributed by atoms with Gasteiger partial charge in [0.15, 0.2) is 11.5 Å². The predicted octanol–water partition coefficient (Wildman–Crippen LogP) is 1.35. The summed E-state index contributed by atoms with van der Waals surface area (Å²) >= 11 is 0. The second-order valence-electron chi connectivity index (χ2n) is 3.68. The summed E-state index contributed by atoms with van der Waals surface area (Å²) in [5, 5.41) is 18.4. The molecule has 0 aliphatic carbocycles. The Hall–Kier alpha value is -1.71. The lowest BCUT2D eigenvalue weighted by molar-refractivity contribution is -0.141. The summed E-state index contributed by atoms with van der Waals surface area (Å²) in [6.45, 7) is 0. The Bertz CT molecular complexity index is 386. The number of carbonyl (C=O) groups is 1. The van der Waals surface area contributed by atoms with Crippen LogP contribution >= 0.6 is 0 Å². The first-order valence-electron chi connectivity index (χ1n) is 4.85. The molecule has 1 fully saturated rings. The minimum Gasteiger partial charge on any atom is -0.504 e. The van der Waals surface area contributed by atoms with E-state index in [1.807, 2.05) is 0 Å². The van der Waals surface area contributed by atoms with Crippen LogP contribution in [-0.2, 0) is 16.0 Å². The van der Waals surface area contributed by atoms with Gasteiger partial charge in [-0.1, -0.05) is 6.07 Å². The summed E-state index contributed by atoms with van der Waals surface area (Å²) < 4.78 is 5.05. The minimum atomic E-state index is -0.164. The third kappa shape index (κ3) is 2.21. The van der Waals surface area contributed by atoms with Gasteiger partial charge in [-0.05, 0) is 24.1 Å². The summed E-state index contributed by atoms with van der Waals surface area (Å²) in [6.07, 6.45) is 1.68. The molecule has 1 saturated heterocycles. The summed E-state index contributed by atoms with van der Waals surface area (Å²) in [7, 11) is 0. The highest BCUT2D eigenvalue weighted by Crippen LogP contribution is 2.27. The SMILES string of the molecule is O=C1CC[C@H](Cc2ccc(O)c(O)c2)O1. The van der Waals surface area contributed by atoms with Gasteiger partial charge in [-0.25, -0.2) is 0 Å². The van der Waals surface area contributed by atoms with Crippen molar-refractivity contribution in [2.45, 2.75) is 25.4 Å². The molecule has 0 spiro atoms. The zero-order chi connectivity index (χ0) is 10.8. The van der Waals surface area contributed by atoms with Gasteiger partial charge in [-0.2, -0.15) is 0 Å². The van der Waals surface area contributed by atoms with Crippen molar-refractivity contribution in [2.75, 3.05) is 0 Å². The van der Waals surface area contributed by atoms with Crippen LogP contribution in [-0.4, -0.2) is 22.3 Å². The van der Waals surface area contributed by atoms with E-state index in [9.17, 15) is 9.90 Å². The van der Waals surface area contributed by atoms with Crippen LogP contribution in [0.5, 0.6) is 11.5 Å². The van der Waals surface area contributed by atoms with Gasteiger partial charge in [-0.15, -0.1) is 0 Å². The van der Waals surface area contributed by atoms with E-state index in [0.29, 0.717) is 12.8 Å². The quantitative estimate of drug-likeness (QED) is 0.568. The van der Waals surface area contributed by atoms with Crippen LogP contribution in [0.4, 0.5) is 0 Å². The molecule has 2 rings (SSSR count). The maximum absolute atomic E-state index is 10.9. The number of ether oxygens (including phenoxy) is 1. The van der Waals surface area contributed by atoms with Crippen molar-refractivity contribution in [2.24, 2.45) is 0 Å². The van der Waals surface area contributed by atoms with Crippen LogP contribution < -0.4 is 0 Å². The number of hydrogen-bond donors (Lipinski definition) is 2. The second kappa shape index (κ2) is 3.81. The summed E-state index contributed by atoms with van der Waals surface area (Å²) in [4.78, 5) is 10.9. The molecular formula is C11H12O4. The third-order valence-electron chi connectivity index (χ3n) is 2.47. The average Bonchev–Trinajstić information content (AvgIpc) is 2.58. The number of benzene rings is 1. The van der Waals surface area contributed by atoms with E-state index in [2.05, 4.69) is 0 Å². The van der Waals surface area contributed by atoms with Gasteiger partial charge in [-0.3, -0.25) is 4.79 Å². The Morgan fingerprint density at radius 1 is 1.33 bits per heavy atom. The van der Waals surface area contributed by atoms with Crippen LogP contribution in [0, 0.1) is 0 Å². The van der Waals surface area contributed by atoms with Crippen molar-refractivity contribution >= 4 is 5.97 Å². The Labute approximate surface area is 87.1 Å². The number of carbonyl (C=O) groups excluding carboxylic acids is 1. The zero-order valence-electron chi connectivity index (χ0n) is 8.14. The highest BCUT2D eigenvalue weighted by atomic mass is 16.5. The molecule has 1 atom stereocenters. The molecular weight excluding hydrogens is 196 g/mol. The maximum Gasteiger partial charge on any atom is 0.306 e. The molecule has 80 valence electrons. The normalized spacial score (nSPS) is 20.3. The van der Waals surface area contributed by atoms with Crippen molar-refractivity contribution in [1.29, 1.82) is 0 Å². The monoisotopic (exact) mass is 208 g/mol. The van der Waals surface area contributed by atoms with Crippen molar-refractivity contribution in [3.05, 3.63) is 23.8 Å². The minimum absolute atomic E-state index is 0.0959. The number of cyclic esters (lactones) is 1. The van der Waals surface area contributed by atoms with Gasteiger partial charge >= 0.3 is 5.97 Å². The molecule has 4 heteroatoms. The number of rotatable bonds is 2. The number of phenols is 2. The summed E-state index contributed by atoms with van der Waals surface area (Å²) in [5.74, 6) is -0.443. The molecule has 0 radical (unpaired) electrons. The fourth-order valence-corrected chi connectivity index (χ4v) is 1.69. The largest absolute Gasteiger partial charge is 0.504 e. The number of phenolic OH excluding ortho intramolecular Hbond substituents is 2. The van der Waals surface area contributed by atoms with Crippen molar-refractivity contribution < 1.29 is 19.7 Å². The Kier molecular flexibility index (Phi) is 2.49. The Balaban J connectivity index is 2.05. The molecule has 0 amide bonds. The standard InChI is InChI=1S/C11H12O4/c12-9-3-1-7(6-10(9)13)5-8-2-4-11(14)15-8/h1,3,6,8,12-13H,2,4-5H2/t8-/m1/s1. The fourth-order valence-electron chi connectivity index (χ4n) is 1.69. The zero-order valence-corrected chi connectivity index (χ0v) is 8.14. The van der Waals surface area contributed by atoms with Crippen molar-refractivity contribution in [3.8, 4) is 11.5 Å². The summed E-state index contributed by atoms with van der Waals surface area (Å²) in [6, 6.07) is 4.63.